The molecule has 0 unspecified atom stereocenters. The Hall–Kier alpha value is -2.47. The van der Waals surface area contributed by atoms with Crippen LogP contribution in [0, 0.1) is 6.92 Å². The molecule has 26 heavy (non-hydrogen) atoms. The lowest BCUT2D eigenvalue weighted by atomic mass is 10.1. The highest BCUT2D eigenvalue weighted by Crippen LogP contribution is 2.36. The number of nitrogens with one attached hydrogen (secondary N) is 1. The van der Waals surface area contributed by atoms with Gasteiger partial charge in [0, 0.05) is 37.0 Å². The second-order valence-electron chi connectivity index (χ2n) is 6.58. The van der Waals surface area contributed by atoms with Gasteiger partial charge < -0.3 is 10.2 Å². The zero-order chi connectivity index (χ0) is 17.9. The van der Waals surface area contributed by atoms with Crippen LogP contribution < -0.4 is 5.32 Å². The van der Waals surface area contributed by atoms with Crippen LogP contribution >= 0.6 is 11.3 Å². The highest BCUT2D eigenvalue weighted by Gasteiger charge is 2.19. The van der Waals surface area contributed by atoms with Gasteiger partial charge in [0.05, 0.1) is 5.39 Å². The third-order valence-corrected chi connectivity index (χ3v) is 5.57. The van der Waals surface area contributed by atoms with Gasteiger partial charge in [-0.1, -0.05) is 30.3 Å². The van der Waals surface area contributed by atoms with Crippen LogP contribution in [0.4, 0.5) is 5.82 Å². The quantitative estimate of drug-likeness (QED) is 0.668. The summed E-state index contributed by atoms with van der Waals surface area (Å²) in [5, 5.41) is 6.72. The van der Waals surface area contributed by atoms with Crippen molar-refractivity contribution in [3.05, 3.63) is 41.5 Å². The van der Waals surface area contributed by atoms with Crippen molar-refractivity contribution < 1.29 is 4.79 Å². The number of carbonyl (C=O) groups is 1. The summed E-state index contributed by atoms with van der Waals surface area (Å²) in [5.41, 5.74) is 2.35. The van der Waals surface area contributed by atoms with Crippen LogP contribution in [-0.2, 0) is 4.79 Å². The van der Waals surface area contributed by atoms with E-state index in [0.29, 0.717) is 6.42 Å². The predicted octanol–water partition coefficient (Wildman–Crippen LogP) is 4.09. The lowest BCUT2D eigenvalue weighted by molar-refractivity contribution is -0.127. The number of hydrogen-bond donors (Lipinski definition) is 1. The highest BCUT2D eigenvalue weighted by molar-refractivity contribution is 7.17. The third kappa shape index (κ3) is 3.42. The normalized spacial score (nSPS) is 14.3. The Balaban J connectivity index is 1.54. The molecule has 1 aromatic carbocycles. The molecule has 1 N–H and O–H groups in total. The molecule has 0 spiro atoms. The summed E-state index contributed by atoms with van der Waals surface area (Å²) in [7, 11) is 0. The molecule has 0 radical (unpaired) electrons. The molecule has 1 saturated heterocycles. The number of rotatable bonds is 6. The second-order valence-corrected chi connectivity index (χ2v) is 7.44. The van der Waals surface area contributed by atoms with E-state index in [1.807, 2.05) is 30.0 Å². The molecule has 1 aliphatic heterocycles. The second kappa shape index (κ2) is 7.41. The predicted molar refractivity (Wildman–Crippen MR) is 107 cm³/mol. The maximum Gasteiger partial charge on any atom is 0.222 e. The summed E-state index contributed by atoms with van der Waals surface area (Å²) < 4.78 is 0. The number of fused-ring (bicyclic) bond motifs is 1. The monoisotopic (exact) mass is 366 g/mol. The number of carbonyl (C=O) groups excluding carboxylic acids is 1. The van der Waals surface area contributed by atoms with Crippen molar-refractivity contribution in [3.63, 3.8) is 0 Å². The van der Waals surface area contributed by atoms with Gasteiger partial charge in [-0.3, -0.25) is 4.79 Å². The number of likely N-dealkylation sites (tertiary alicyclic amines) is 1. The molecule has 1 fully saturated rings. The molecule has 0 atom stereocenters. The largest absolute Gasteiger partial charge is 0.369 e. The number of benzene rings is 1. The van der Waals surface area contributed by atoms with E-state index in [2.05, 4.69) is 32.8 Å². The van der Waals surface area contributed by atoms with Crippen molar-refractivity contribution in [3.8, 4) is 11.1 Å². The Morgan fingerprint density at radius 2 is 2.08 bits per heavy atom. The number of anilines is 1. The zero-order valence-electron chi connectivity index (χ0n) is 14.9. The molecule has 2 aromatic heterocycles. The molecule has 1 aliphatic rings. The van der Waals surface area contributed by atoms with E-state index in [-0.39, 0.29) is 5.91 Å². The van der Waals surface area contributed by atoms with Crippen LogP contribution in [0.5, 0.6) is 0 Å². The van der Waals surface area contributed by atoms with E-state index in [1.54, 1.807) is 11.3 Å². The Morgan fingerprint density at radius 3 is 2.85 bits per heavy atom. The average molecular weight is 366 g/mol. The molecule has 4 rings (SSSR count). The number of amides is 1. The molecular weight excluding hydrogens is 344 g/mol. The van der Waals surface area contributed by atoms with E-state index in [0.717, 1.165) is 54.3 Å². The minimum atomic E-state index is 0.287. The number of aromatic nitrogens is 2. The zero-order valence-corrected chi connectivity index (χ0v) is 15.7. The van der Waals surface area contributed by atoms with Crippen LogP contribution in [-0.4, -0.2) is 40.4 Å². The van der Waals surface area contributed by atoms with Gasteiger partial charge in [-0.25, -0.2) is 9.97 Å². The smallest absolute Gasteiger partial charge is 0.222 e. The van der Waals surface area contributed by atoms with E-state index in [4.69, 9.17) is 0 Å². The molecular formula is C20H22N4OS. The highest BCUT2D eigenvalue weighted by atomic mass is 32.1. The third-order valence-electron chi connectivity index (χ3n) is 4.70. The Bertz CT molecular complexity index is 922. The summed E-state index contributed by atoms with van der Waals surface area (Å²) in [5.74, 6) is 1.95. The Morgan fingerprint density at radius 1 is 1.23 bits per heavy atom. The van der Waals surface area contributed by atoms with Crippen LogP contribution in [0.1, 0.15) is 25.1 Å². The minimum absolute atomic E-state index is 0.287. The SMILES string of the molecule is Cc1nc(NCCCN2CCCC2=O)c2c(-c3ccccc3)csc2n1. The van der Waals surface area contributed by atoms with Crippen molar-refractivity contribution in [2.24, 2.45) is 0 Å². The fourth-order valence-electron chi connectivity index (χ4n) is 3.42. The molecule has 3 aromatic rings. The maximum absolute atomic E-state index is 11.7. The van der Waals surface area contributed by atoms with Gasteiger partial charge in [-0.2, -0.15) is 0 Å². The van der Waals surface area contributed by atoms with Crippen LogP contribution in [0.3, 0.4) is 0 Å². The van der Waals surface area contributed by atoms with Gasteiger partial charge in [0.25, 0.3) is 0 Å². The van der Waals surface area contributed by atoms with E-state index >= 15 is 0 Å². The summed E-state index contributed by atoms with van der Waals surface area (Å²) in [6.07, 6.45) is 2.61. The summed E-state index contributed by atoms with van der Waals surface area (Å²) in [4.78, 5) is 23.9. The van der Waals surface area contributed by atoms with E-state index in [9.17, 15) is 4.79 Å². The van der Waals surface area contributed by atoms with Crippen molar-refractivity contribution in [1.82, 2.24) is 14.9 Å². The number of aryl methyl sites for hydroxylation is 1. The van der Waals surface area contributed by atoms with E-state index < -0.39 is 0 Å². The number of thiophene rings is 1. The average Bonchev–Trinajstić information content (AvgIpc) is 3.25. The van der Waals surface area contributed by atoms with Crippen molar-refractivity contribution in [1.29, 1.82) is 0 Å². The van der Waals surface area contributed by atoms with Crippen LogP contribution in [0.15, 0.2) is 35.7 Å². The fraction of sp³-hybridized carbons (Fsp3) is 0.350. The molecule has 1 amide bonds. The van der Waals surface area contributed by atoms with E-state index in [1.165, 1.54) is 11.1 Å². The summed E-state index contributed by atoms with van der Waals surface area (Å²) >= 11 is 1.65. The maximum atomic E-state index is 11.7. The van der Waals surface area contributed by atoms with Crippen molar-refractivity contribution in [2.45, 2.75) is 26.2 Å². The van der Waals surface area contributed by atoms with Gasteiger partial charge in [0.15, 0.2) is 0 Å². The van der Waals surface area contributed by atoms with Gasteiger partial charge in [-0.15, -0.1) is 11.3 Å². The molecule has 6 heteroatoms. The topological polar surface area (TPSA) is 58.1 Å². The minimum Gasteiger partial charge on any atom is -0.369 e. The summed E-state index contributed by atoms with van der Waals surface area (Å²) in [6.45, 7) is 4.43. The number of hydrogen-bond acceptors (Lipinski definition) is 5. The number of nitrogens with zero attached hydrogens (tertiary/aromatic N) is 3. The van der Waals surface area contributed by atoms with Crippen LogP contribution in [0.2, 0.25) is 0 Å². The molecule has 0 saturated carbocycles. The van der Waals surface area contributed by atoms with Crippen molar-refractivity contribution in [2.75, 3.05) is 25.0 Å². The molecule has 134 valence electrons. The van der Waals surface area contributed by atoms with Crippen molar-refractivity contribution >= 4 is 33.3 Å². The molecule has 0 aliphatic carbocycles. The van der Waals surface area contributed by atoms with Crippen LogP contribution in [0.25, 0.3) is 21.3 Å². The first kappa shape index (κ1) is 17.0. The molecule has 5 nitrogen and oxygen atoms in total. The van der Waals surface area contributed by atoms with Gasteiger partial charge in [0.2, 0.25) is 5.91 Å². The fourth-order valence-corrected chi connectivity index (χ4v) is 4.42. The first-order valence-corrected chi connectivity index (χ1v) is 9.93. The molecule has 3 heterocycles. The first-order valence-electron chi connectivity index (χ1n) is 9.05. The first-order chi connectivity index (χ1) is 12.7. The Kier molecular flexibility index (Phi) is 4.84. The lowest BCUT2D eigenvalue weighted by Gasteiger charge is -2.16. The van der Waals surface area contributed by atoms with Gasteiger partial charge in [0.1, 0.15) is 16.5 Å². The Labute approximate surface area is 157 Å². The summed E-state index contributed by atoms with van der Waals surface area (Å²) in [6, 6.07) is 10.4. The van der Waals surface area contributed by atoms with Gasteiger partial charge >= 0.3 is 0 Å². The lowest BCUT2D eigenvalue weighted by Crippen LogP contribution is -2.27. The van der Waals surface area contributed by atoms with Gasteiger partial charge in [-0.05, 0) is 25.3 Å². The standard InChI is InChI=1S/C20H22N4OS/c1-14-22-19(21-10-6-12-24-11-5-9-17(24)25)18-16(13-26-20(18)23-14)15-7-3-2-4-8-15/h2-4,7-8,13H,5-6,9-12H2,1H3,(H,21,22,23). The molecule has 0 bridgehead atoms.